The van der Waals surface area contributed by atoms with Crippen LogP contribution in [-0.2, 0) is 20.8 Å². The molecule has 2 atom stereocenters. The lowest BCUT2D eigenvalue weighted by Gasteiger charge is -2.39. The smallest absolute Gasteiger partial charge is 0.242 e. The van der Waals surface area contributed by atoms with E-state index < -0.39 is 6.04 Å². The number of hydrogen-bond acceptors (Lipinski definition) is 4. The number of benzene rings is 1. The molecule has 0 radical (unpaired) electrons. The highest BCUT2D eigenvalue weighted by atomic mass is 79.9. The molecule has 0 aromatic heterocycles. The Morgan fingerprint density at radius 1 is 1.41 bits per heavy atom. The molecular weight excluding hydrogens is 419 g/mol. The first-order chi connectivity index (χ1) is 12.9. The van der Waals surface area contributed by atoms with E-state index in [1.54, 1.807) is 17.0 Å². The predicted octanol–water partition coefficient (Wildman–Crippen LogP) is 0.802. The van der Waals surface area contributed by atoms with Crippen LogP contribution in [0.25, 0.3) is 0 Å². The van der Waals surface area contributed by atoms with Gasteiger partial charge in [-0.2, -0.15) is 0 Å². The zero-order valence-corrected chi connectivity index (χ0v) is 16.6. The van der Waals surface area contributed by atoms with Gasteiger partial charge >= 0.3 is 0 Å². The lowest BCUT2D eigenvalue weighted by Crippen LogP contribution is -2.53. The van der Waals surface area contributed by atoms with Crippen molar-refractivity contribution in [2.45, 2.75) is 31.3 Å². The summed E-state index contributed by atoms with van der Waals surface area (Å²) in [6.45, 7) is 1.83. The minimum Gasteiger partial charge on any atom is -0.364 e. The van der Waals surface area contributed by atoms with Crippen molar-refractivity contribution in [3.63, 3.8) is 0 Å². The van der Waals surface area contributed by atoms with Gasteiger partial charge in [-0.3, -0.25) is 14.4 Å². The highest BCUT2D eigenvalue weighted by Gasteiger charge is 2.36. The maximum atomic E-state index is 13.8. The van der Waals surface area contributed by atoms with E-state index in [1.807, 2.05) is 0 Å². The van der Waals surface area contributed by atoms with E-state index >= 15 is 0 Å². The van der Waals surface area contributed by atoms with Gasteiger partial charge in [0.25, 0.3) is 0 Å². The first kappa shape index (κ1) is 19.6. The number of anilines is 1. The van der Waals surface area contributed by atoms with Crippen LogP contribution < -0.4 is 15.5 Å². The van der Waals surface area contributed by atoms with Gasteiger partial charge in [-0.25, -0.2) is 4.39 Å². The van der Waals surface area contributed by atoms with E-state index in [0.717, 1.165) is 11.3 Å². The van der Waals surface area contributed by atoms with Crippen LogP contribution in [0.15, 0.2) is 16.6 Å². The zero-order chi connectivity index (χ0) is 19.6. The summed E-state index contributed by atoms with van der Waals surface area (Å²) >= 11 is 3.24. The summed E-state index contributed by atoms with van der Waals surface area (Å²) in [6.07, 6.45) is 1.60. The summed E-state index contributed by atoms with van der Waals surface area (Å²) in [5, 5.41) is 4.92. The standard InChI is InChI=1S/C18H22BrFN4O3/c1-21-18(27)15(22-10-25)2-3-17(26)23-4-5-24-12(9-23)6-11-7-14(20)13(19)8-16(11)24/h7-8,10,12,15H,2-6,9H2,1H3,(H,21,27)(H,22,25). The Morgan fingerprint density at radius 2 is 2.19 bits per heavy atom. The first-order valence-corrected chi connectivity index (χ1v) is 9.67. The molecule has 7 nitrogen and oxygen atoms in total. The fraction of sp³-hybridized carbons (Fsp3) is 0.500. The molecule has 2 aliphatic rings. The largest absolute Gasteiger partial charge is 0.364 e. The van der Waals surface area contributed by atoms with E-state index in [0.29, 0.717) is 36.9 Å². The Morgan fingerprint density at radius 3 is 2.89 bits per heavy atom. The summed E-state index contributed by atoms with van der Waals surface area (Å²) in [6, 6.07) is 2.78. The normalized spacial score (nSPS) is 19.1. The van der Waals surface area contributed by atoms with Crippen LogP contribution in [0.3, 0.4) is 0 Å². The summed E-state index contributed by atoms with van der Waals surface area (Å²) < 4.78 is 14.2. The molecule has 146 valence electrons. The molecule has 2 heterocycles. The topological polar surface area (TPSA) is 81.8 Å². The summed E-state index contributed by atoms with van der Waals surface area (Å²) in [5.41, 5.74) is 1.99. The number of likely N-dealkylation sites (N-methyl/N-ethyl adjacent to an activating group) is 1. The lowest BCUT2D eigenvalue weighted by atomic mass is 10.1. The van der Waals surface area contributed by atoms with Gasteiger partial charge in [0.15, 0.2) is 0 Å². The maximum absolute atomic E-state index is 13.8. The molecule has 1 aromatic carbocycles. The predicted molar refractivity (Wildman–Crippen MR) is 102 cm³/mol. The maximum Gasteiger partial charge on any atom is 0.242 e. The Kier molecular flexibility index (Phi) is 5.98. The van der Waals surface area contributed by atoms with Gasteiger partial charge in [0, 0.05) is 38.8 Å². The fourth-order valence-electron chi connectivity index (χ4n) is 3.81. The molecule has 0 bridgehead atoms. The van der Waals surface area contributed by atoms with Crippen molar-refractivity contribution < 1.29 is 18.8 Å². The lowest BCUT2D eigenvalue weighted by molar-refractivity contribution is -0.132. The SMILES string of the molecule is CNC(=O)C(CCC(=O)N1CCN2c3cc(Br)c(F)cc3CC2C1)NC=O. The molecular formula is C18H22BrFN4O3. The van der Waals surface area contributed by atoms with Crippen molar-refractivity contribution >= 4 is 39.8 Å². The molecule has 9 heteroatoms. The van der Waals surface area contributed by atoms with Gasteiger partial charge < -0.3 is 20.4 Å². The number of carbonyl (C=O) groups is 3. The molecule has 1 aromatic rings. The second-order valence-electron chi connectivity index (χ2n) is 6.78. The van der Waals surface area contributed by atoms with Crippen LogP contribution in [0.4, 0.5) is 10.1 Å². The van der Waals surface area contributed by atoms with Gasteiger partial charge in [-0.15, -0.1) is 0 Å². The van der Waals surface area contributed by atoms with Crippen LogP contribution in [0.5, 0.6) is 0 Å². The molecule has 2 aliphatic heterocycles. The molecule has 2 unspecified atom stereocenters. The molecule has 1 fully saturated rings. The third-order valence-electron chi connectivity index (χ3n) is 5.20. The quantitative estimate of drug-likeness (QED) is 0.641. The Hall–Kier alpha value is -2.16. The number of hydrogen-bond donors (Lipinski definition) is 2. The van der Waals surface area contributed by atoms with Gasteiger partial charge in [-0.05, 0) is 46.5 Å². The molecule has 2 N–H and O–H groups in total. The summed E-state index contributed by atoms with van der Waals surface area (Å²) in [7, 11) is 1.49. The number of piperazine rings is 1. The molecule has 0 saturated carbocycles. The van der Waals surface area contributed by atoms with Crippen LogP contribution in [0.2, 0.25) is 0 Å². The average molecular weight is 441 g/mol. The van der Waals surface area contributed by atoms with E-state index in [2.05, 4.69) is 31.5 Å². The summed E-state index contributed by atoms with van der Waals surface area (Å²) in [5.74, 6) is -0.636. The molecule has 3 rings (SSSR count). The van der Waals surface area contributed by atoms with Crippen molar-refractivity contribution in [1.29, 1.82) is 0 Å². The Bertz CT molecular complexity index is 760. The number of carbonyl (C=O) groups excluding carboxylic acids is 3. The Balaban J connectivity index is 1.59. The highest BCUT2D eigenvalue weighted by molar-refractivity contribution is 9.10. The van der Waals surface area contributed by atoms with E-state index in [-0.39, 0.29) is 36.5 Å². The van der Waals surface area contributed by atoms with Crippen molar-refractivity contribution in [3.8, 4) is 0 Å². The van der Waals surface area contributed by atoms with Crippen molar-refractivity contribution in [2.24, 2.45) is 0 Å². The monoisotopic (exact) mass is 440 g/mol. The third kappa shape index (κ3) is 4.07. The van der Waals surface area contributed by atoms with Crippen LogP contribution in [-0.4, -0.2) is 61.9 Å². The molecule has 1 saturated heterocycles. The number of fused-ring (bicyclic) bond motifs is 3. The zero-order valence-electron chi connectivity index (χ0n) is 15.0. The number of rotatable bonds is 6. The Labute approximate surface area is 165 Å². The molecule has 27 heavy (non-hydrogen) atoms. The molecule has 0 spiro atoms. The minimum atomic E-state index is -0.714. The first-order valence-electron chi connectivity index (χ1n) is 8.88. The highest BCUT2D eigenvalue weighted by Crippen LogP contribution is 2.37. The summed E-state index contributed by atoms with van der Waals surface area (Å²) in [4.78, 5) is 39.0. The van der Waals surface area contributed by atoms with Gasteiger partial charge in [0.1, 0.15) is 11.9 Å². The van der Waals surface area contributed by atoms with E-state index in [1.165, 1.54) is 7.05 Å². The number of halogens is 2. The fourth-order valence-corrected chi connectivity index (χ4v) is 4.14. The van der Waals surface area contributed by atoms with Crippen LogP contribution in [0.1, 0.15) is 18.4 Å². The van der Waals surface area contributed by atoms with Crippen molar-refractivity contribution in [2.75, 3.05) is 31.6 Å². The number of nitrogens with one attached hydrogen (secondary N) is 2. The number of nitrogens with zero attached hydrogens (tertiary/aromatic N) is 2. The van der Waals surface area contributed by atoms with Gasteiger partial charge in [-0.1, -0.05) is 0 Å². The van der Waals surface area contributed by atoms with Crippen molar-refractivity contribution in [3.05, 3.63) is 28.0 Å². The second kappa shape index (κ2) is 8.24. The molecule has 0 aliphatic carbocycles. The minimum absolute atomic E-state index is 0.0421. The molecule has 3 amide bonds. The van der Waals surface area contributed by atoms with Crippen molar-refractivity contribution in [1.82, 2.24) is 15.5 Å². The van der Waals surface area contributed by atoms with E-state index in [9.17, 15) is 18.8 Å². The van der Waals surface area contributed by atoms with Gasteiger partial charge in [0.05, 0.1) is 10.5 Å². The average Bonchev–Trinajstić information content (AvgIpc) is 3.01. The van der Waals surface area contributed by atoms with Crippen LogP contribution >= 0.6 is 15.9 Å². The van der Waals surface area contributed by atoms with Gasteiger partial charge in [0.2, 0.25) is 18.2 Å². The third-order valence-corrected chi connectivity index (χ3v) is 5.81. The number of amides is 3. The van der Waals surface area contributed by atoms with Crippen LogP contribution in [0, 0.1) is 5.82 Å². The van der Waals surface area contributed by atoms with E-state index in [4.69, 9.17) is 0 Å². The second-order valence-corrected chi connectivity index (χ2v) is 7.63.